The van der Waals surface area contributed by atoms with Crippen LogP contribution in [-0.2, 0) is 6.42 Å². The highest BCUT2D eigenvalue weighted by molar-refractivity contribution is 14.1. The van der Waals surface area contributed by atoms with E-state index >= 15 is 0 Å². The van der Waals surface area contributed by atoms with E-state index in [1.165, 1.54) is 3.57 Å². The minimum Gasteiger partial charge on any atom is -0.386 e. The monoisotopic (exact) mass is 339 g/mol. The second-order valence-electron chi connectivity index (χ2n) is 4.05. The summed E-state index contributed by atoms with van der Waals surface area (Å²) in [7, 11) is 0. The number of aromatic nitrogens is 1. The Morgan fingerprint density at radius 2 is 1.88 bits per heavy atom. The number of benzene rings is 1. The van der Waals surface area contributed by atoms with Crippen molar-refractivity contribution >= 4 is 22.6 Å². The smallest absolute Gasteiger partial charge is 0.1000 e. The Hall–Kier alpha value is -0.940. The molecule has 0 fully saturated rings. The SMILES string of the molecule is Cc1cccc(C(O)Cc2ccc(I)cc2)n1. The first-order valence-corrected chi connectivity index (χ1v) is 6.59. The van der Waals surface area contributed by atoms with Crippen LogP contribution >= 0.6 is 22.6 Å². The van der Waals surface area contributed by atoms with Gasteiger partial charge in [0.15, 0.2) is 0 Å². The van der Waals surface area contributed by atoms with Crippen molar-refractivity contribution in [2.45, 2.75) is 19.4 Å². The van der Waals surface area contributed by atoms with Crippen LogP contribution in [0.1, 0.15) is 23.1 Å². The van der Waals surface area contributed by atoms with Gasteiger partial charge >= 0.3 is 0 Å². The lowest BCUT2D eigenvalue weighted by molar-refractivity contribution is 0.173. The summed E-state index contributed by atoms with van der Waals surface area (Å²) < 4.78 is 1.20. The molecular formula is C14H14INO. The zero-order chi connectivity index (χ0) is 12.3. The fraction of sp³-hybridized carbons (Fsp3) is 0.214. The summed E-state index contributed by atoms with van der Waals surface area (Å²) in [6, 6.07) is 13.9. The lowest BCUT2D eigenvalue weighted by Crippen LogP contribution is -2.04. The van der Waals surface area contributed by atoms with Gasteiger partial charge in [0.25, 0.3) is 0 Å². The minimum atomic E-state index is -0.532. The summed E-state index contributed by atoms with van der Waals surface area (Å²) in [6.07, 6.45) is 0.0721. The molecule has 3 heteroatoms. The molecule has 0 aliphatic rings. The Balaban J connectivity index is 2.11. The van der Waals surface area contributed by atoms with Crippen molar-refractivity contribution in [3.63, 3.8) is 0 Å². The van der Waals surface area contributed by atoms with Crippen molar-refractivity contribution in [1.29, 1.82) is 0 Å². The van der Waals surface area contributed by atoms with E-state index in [9.17, 15) is 5.11 Å². The van der Waals surface area contributed by atoms with Gasteiger partial charge in [0.2, 0.25) is 0 Å². The van der Waals surface area contributed by atoms with Crippen LogP contribution in [0, 0.1) is 10.5 Å². The van der Waals surface area contributed by atoms with Crippen LogP contribution in [0.15, 0.2) is 42.5 Å². The van der Waals surface area contributed by atoms with E-state index in [0.29, 0.717) is 6.42 Å². The van der Waals surface area contributed by atoms with E-state index in [1.54, 1.807) is 0 Å². The number of aryl methyl sites for hydroxylation is 1. The van der Waals surface area contributed by atoms with Gasteiger partial charge in [-0.25, -0.2) is 0 Å². The van der Waals surface area contributed by atoms with Crippen molar-refractivity contribution in [2.75, 3.05) is 0 Å². The number of aliphatic hydroxyl groups is 1. The molecule has 1 aromatic heterocycles. The molecule has 0 amide bonds. The summed E-state index contributed by atoms with van der Waals surface area (Å²) >= 11 is 2.27. The molecule has 1 unspecified atom stereocenters. The fourth-order valence-electron chi connectivity index (χ4n) is 1.70. The number of hydrogen-bond donors (Lipinski definition) is 1. The molecule has 0 aliphatic heterocycles. The fourth-order valence-corrected chi connectivity index (χ4v) is 2.06. The van der Waals surface area contributed by atoms with Gasteiger partial charge in [0, 0.05) is 15.7 Å². The van der Waals surface area contributed by atoms with Crippen molar-refractivity contribution in [3.8, 4) is 0 Å². The lowest BCUT2D eigenvalue weighted by Gasteiger charge is -2.10. The van der Waals surface area contributed by atoms with E-state index < -0.39 is 6.10 Å². The number of halogens is 1. The largest absolute Gasteiger partial charge is 0.386 e. The van der Waals surface area contributed by atoms with Gasteiger partial charge in [-0.05, 0) is 59.3 Å². The third kappa shape index (κ3) is 3.51. The molecular weight excluding hydrogens is 325 g/mol. The lowest BCUT2D eigenvalue weighted by atomic mass is 10.1. The molecule has 17 heavy (non-hydrogen) atoms. The van der Waals surface area contributed by atoms with E-state index in [2.05, 4.69) is 27.6 Å². The predicted molar refractivity (Wildman–Crippen MR) is 76.8 cm³/mol. The number of aliphatic hydroxyl groups excluding tert-OH is 1. The molecule has 1 heterocycles. The maximum Gasteiger partial charge on any atom is 0.1000 e. The molecule has 0 saturated carbocycles. The molecule has 1 aromatic carbocycles. The Morgan fingerprint density at radius 1 is 1.18 bits per heavy atom. The maximum atomic E-state index is 10.1. The zero-order valence-corrected chi connectivity index (χ0v) is 11.8. The van der Waals surface area contributed by atoms with Crippen LogP contribution in [0.25, 0.3) is 0 Å². The van der Waals surface area contributed by atoms with Crippen molar-refractivity contribution in [1.82, 2.24) is 4.98 Å². The number of rotatable bonds is 3. The van der Waals surface area contributed by atoms with Crippen LogP contribution in [0.3, 0.4) is 0 Å². The second kappa shape index (κ2) is 5.60. The molecule has 0 bridgehead atoms. The highest BCUT2D eigenvalue weighted by Gasteiger charge is 2.09. The van der Waals surface area contributed by atoms with Gasteiger partial charge < -0.3 is 5.11 Å². The van der Waals surface area contributed by atoms with Crippen LogP contribution in [0.4, 0.5) is 0 Å². The number of pyridine rings is 1. The molecule has 0 saturated heterocycles. The highest BCUT2D eigenvalue weighted by atomic mass is 127. The average molecular weight is 339 g/mol. The second-order valence-corrected chi connectivity index (χ2v) is 5.30. The summed E-state index contributed by atoms with van der Waals surface area (Å²) in [6.45, 7) is 1.93. The predicted octanol–water partition coefficient (Wildman–Crippen LogP) is 3.27. The third-order valence-electron chi connectivity index (χ3n) is 2.59. The summed E-state index contributed by atoms with van der Waals surface area (Å²) in [4.78, 5) is 4.34. The Kier molecular flexibility index (Phi) is 4.12. The van der Waals surface area contributed by atoms with Crippen molar-refractivity contribution in [2.24, 2.45) is 0 Å². The molecule has 1 atom stereocenters. The van der Waals surface area contributed by atoms with Crippen LogP contribution in [0.5, 0.6) is 0 Å². The summed E-state index contributed by atoms with van der Waals surface area (Å²) in [5.41, 5.74) is 2.80. The normalized spacial score (nSPS) is 12.4. The standard InChI is InChI=1S/C14H14INO/c1-10-3-2-4-13(16-10)14(17)9-11-5-7-12(15)8-6-11/h2-8,14,17H,9H2,1H3. The summed E-state index contributed by atoms with van der Waals surface area (Å²) in [5, 5.41) is 10.1. The summed E-state index contributed by atoms with van der Waals surface area (Å²) in [5.74, 6) is 0. The molecule has 2 nitrogen and oxygen atoms in total. The van der Waals surface area contributed by atoms with Crippen LogP contribution in [0.2, 0.25) is 0 Å². The first-order chi connectivity index (χ1) is 8.15. The Bertz CT molecular complexity index is 496. The van der Waals surface area contributed by atoms with E-state index in [1.807, 2.05) is 49.4 Å². The Morgan fingerprint density at radius 3 is 2.53 bits per heavy atom. The van der Waals surface area contributed by atoms with Gasteiger partial charge in [-0.15, -0.1) is 0 Å². The van der Waals surface area contributed by atoms with Gasteiger partial charge in [-0.3, -0.25) is 4.98 Å². The number of nitrogens with zero attached hydrogens (tertiary/aromatic N) is 1. The molecule has 0 radical (unpaired) electrons. The zero-order valence-electron chi connectivity index (χ0n) is 9.60. The van der Waals surface area contributed by atoms with Gasteiger partial charge in [-0.1, -0.05) is 18.2 Å². The molecule has 0 spiro atoms. The minimum absolute atomic E-state index is 0.532. The van der Waals surface area contributed by atoms with Crippen LogP contribution < -0.4 is 0 Å². The topological polar surface area (TPSA) is 33.1 Å². The quantitative estimate of drug-likeness (QED) is 0.871. The highest BCUT2D eigenvalue weighted by Crippen LogP contribution is 2.17. The first kappa shape index (κ1) is 12.5. The van der Waals surface area contributed by atoms with Gasteiger partial charge in [0.1, 0.15) is 0 Å². The molecule has 1 N–H and O–H groups in total. The molecule has 0 aliphatic carbocycles. The van der Waals surface area contributed by atoms with Gasteiger partial charge in [-0.2, -0.15) is 0 Å². The Labute approximate surface area is 115 Å². The average Bonchev–Trinajstić information content (AvgIpc) is 2.32. The van der Waals surface area contributed by atoms with E-state index in [0.717, 1.165) is 17.0 Å². The van der Waals surface area contributed by atoms with Crippen molar-refractivity contribution in [3.05, 3.63) is 63.0 Å². The molecule has 88 valence electrons. The van der Waals surface area contributed by atoms with E-state index in [-0.39, 0.29) is 0 Å². The number of hydrogen-bond acceptors (Lipinski definition) is 2. The maximum absolute atomic E-state index is 10.1. The van der Waals surface area contributed by atoms with Gasteiger partial charge in [0.05, 0.1) is 11.8 Å². The van der Waals surface area contributed by atoms with E-state index in [4.69, 9.17) is 0 Å². The van der Waals surface area contributed by atoms with Crippen molar-refractivity contribution < 1.29 is 5.11 Å². The van der Waals surface area contributed by atoms with Crippen LogP contribution in [-0.4, -0.2) is 10.1 Å². The molecule has 2 aromatic rings. The third-order valence-corrected chi connectivity index (χ3v) is 3.31. The molecule has 2 rings (SSSR count). The first-order valence-electron chi connectivity index (χ1n) is 5.51.